The molecule has 0 aliphatic heterocycles. The summed E-state index contributed by atoms with van der Waals surface area (Å²) >= 11 is 11.8. The minimum absolute atomic E-state index is 0.0255. The minimum Gasteiger partial charge on any atom is -0.398 e. The molecule has 0 atom stereocenters. The third kappa shape index (κ3) is 3.06. The molecule has 0 radical (unpaired) electrons. The number of sulfone groups is 1. The average molecular weight is 334 g/mol. The van der Waals surface area contributed by atoms with Gasteiger partial charge in [-0.2, -0.15) is 0 Å². The van der Waals surface area contributed by atoms with Crippen molar-refractivity contribution in [3.63, 3.8) is 0 Å². The predicted molar refractivity (Wildman–Crippen MR) is 78.2 cm³/mol. The van der Waals surface area contributed by atoms with Crippen LogP contribution in [0.1, 0.15) is 5.56 Å². The van der Waals surface area contributed by atoms with Gasteiger partial charge in [-0.3, -0.25) is 0 Å². The monoisotopic (exact) mass is 333 g/mol. The number of anilines is 1. The van der Waals surface area contributed by atoms with Crippen molar-refractivity contribution in [2.75, 3.05) is 5.73 Å². The van der Waals surface area contributed by atoms with Gasteiger partial charge in [-0.1, -0.05) is 29.3 Å². The van der Waals surface area contributed by atoms with E-state index in [1.807, 2.05) is 0 Å². The van der Waals surface area contributed by atoms with E-state index in [4.69, 9.17) is 28.9 Å². The van der Waals surface area contributed by atoms with Gasteiger partial charge in [0.25, 0.3) is 0 Å². The molecule has 0 aliphatic carbocycles. The molecule has 0 saturated carbocycles. The van der Waals surface area contributed by atoms with Crippen molar-refractivity contribution in [1.29, 1.82) is 0 Å². The number of rotatable bonds is 3. The number of hydrogen-bond donors (Lipinski definition) is 1. The first-order valence-electron chi connectivity index (χ1n) is 5.52. The van der Waals surface area contributed by atoms with Crippen LogP contribution in [-0.4, -0.2) is 8.42 Å². The molecule has 0 saturated heterocycles. The number of halogens is 3. The molecule has 0 aliphatic rings. The SMILES string of the molecule is Nc1cccc(Cl)c1S(=O)(=O)Cc1cc(F)ccc1Cl. The van der Waals surface area contributed by atoms with Crippen molar-refractivity contribution >= 4 is 38.7 Å². The third-order valence-corrected chi connectivity index (χ3v) is 5.23. The quantitative estimate of drug-likeness (QED) is 0.871. The molecular formula is C13H10Cl2FNO2S. The Morgan fingerprint density at radius 3 is 2.45 bits per heavy atom. The first-order chi connectivity index (χ1) is 9.31. The molecule has 0 heterocycles. The zero-order valence-electron chi connectivity index (χ0n) is 10.1. The van der Waals surface area contributed by atoms with E-state index in [0.717, 1.165) is 12.1 Å². The van der Waals surface area contributed by atoms with Crippen molar-refractivity contribution in [2.24, 2.45) is 0 Å². The lowest BCUT2D eigenvalue weighted by Gasteiger charge is -2.10. The van der Waals surface area contributed by atoms with Crippen LogP contribution in [0.15, 0.2) is 41.3 Å². The van der Waals surface area contributed by atoms with Gasteiger partial charge in [0.05, 0.1) is 16.5 Å². The van der Waals surface area contributed by atoms with Gasteiger partial charge in [0.2, 0.25) is 0 Å². The molecule has 3 nitrogen and oxygen atoms in total. The average Bonchev–Trinajstić information content (AvgIpc) is 2.33. The molecule has 106 valence electrons. The van der Waals surface area contributed by atoms with Gasteiger partial charge in [-0.05, 0) is 35.9 Å². The van der Waals surface area contributed by atoms with E-state index in [1.54, 1.807) is 6.07 Å². The van der Waals surface area contributed by atoms with Crippen LogP contribution < -0.4 is 5.73 Å². The van der Waals surface area contributed by atoms with Crippen molar-refractivity contribution < 1.29 is 12.8 Å². The van der Waals surface area contributed by atoms with Crippen LogP contribution in [0.5, 0.6) is 0 Å². The molecule has 0 aromatic heterocycles. The lowest BCUT2D eigenvalue weighted by atomic mass is 10.2. The minimum atomic E-state index is -3.82. The Morgan fingerprint density at radius 1 is 1.10 bits per heavy atom. The summed E-state index contributed by atoms with van der Waals surface area (Å²) in [5, 5.41) is 0.193. The zero-order valence-corrected chi connectivity index (χ0v) is 12.4. The predicted octanol–water partition coefficient (Wildman–Crippen LogP) is 3.69. The summed E-state index contributed by atoms with van der Waals surface area (Å²) in [5.74, 6) is -1.04. The Morgan fingerprint density at radius 2 is 1.80 bits per heavy atom. The van der Waals surface area contributed by atoms with Crippen molar-refractivity contribution in [3.8, 4) is 0 Å². The Kier molecular flexibility index (Phi) is 4.22. The van der Waals surface area contributed by atoms with E-state index in [-0.39, 0.29) is 26.2 Å². The van der Waals surface area contributed by atoms with E-state index in [2.05, 4.69) is 0 Å². The Hall–Kier alpha value is -1.30. The van der Waals surface area contributed by atoms with E-state index in [1.165, 1.54) is 18.2 Å². The van der Waals surface area contributed by atoms with Crippen molar-refractivity contribution in [1.82, 2.24) is 0 Å². The van der Waals surface area contributed by atoms with E-state index in [0.29, 0.717) is 0 Å². The topological polar surface area (TPSA) is 60.2 Å². The molecule has 20 heavy (non-hydrogen) atoms. The van der Waals surface area contributed by atoms with Crippen LogP contribution in [0.3, 0.4) is 0 Å². The number of nitrogens with two attached hydrogens (primary N) is 1. The summed E-state index contributed by atoms with van der Waals surface area (Å²) in [6, 6.07) is 7.95. The maximum atomic E-state index is 13.2. The molecule has 0 unspecified atom stereocenters. The zero-order chi connectivity index (χ0) is 14.9. The summed E-state index contributed by atoms with van der Waals surface area (Å²) in [7, 11) is -3.82. The fourth-order valence-corrected chi connectivity index (χ4v) is 4.17. The van der Waals surface area contributed by atoms with Crippen molar-refractivity contribution in [2.45, 2.75) is 10.6 Å². The fraction of sp³-hybridized carbons (Fsp3) is 0.0769. The Labute approximate surface area is 126 Å². The summed E-state index contributed by atoms with van der Waals surface area (Å²) in [5.41, 5.74) is 5.86. The van der Waals surface area contributed by atoms with Crippen molar-refractivity contribution in [3.05, 3.63) is 57.8 Å². The number of benzene rings is 2. The summed E-state index contributed by atoms with van der Waals surface area (Å²) in [4.78, 5) is -0.165. The molecule has 0 amide bonds. The molecule has 7 heteroatoms. The lowest BCUT2D eigenvalue weighted by molar-refractivity contribution is 0.595. The molecular weight excluding hydrogens is 324 g/mol. The van der Waals surface area contributed by atoms with Gasteiger partial charge >= 0.3 is 0 Å². The highest BCUT2D eigenvalue weighted by Gasteiger charge is 2.23. The lowest BCUT2D eigenvalue weighted by Crippen LogP contribution is -2.09. The molecule has 2 aromatic carbocycles. The summed E-state index contributed by atoms with van der Waals surface area (Å²) < 4.78 is 37.9. The number of hydrogen-bond acceptors (Lipinski definition) is 3. The van der Waals surface area contributed by atoms with E-state index in [9.17, 15) is 12.8 Å². The second kappa shape index (κ2) is 5.60. The van der Waals surface area contributed by atoms with Gasteiger partial charge < -0.3 is 5.73 Å². The van der Waals surface area contributed by atoms with Gasteiger partial charge in [-0.25, -0.2) is 12.8 Å². The highest BCUT2D eigenvalue weighted by Crippen LogP contribution is 2.31. The van der Waals surface area contributed by atoms with Crippen LogP contribution in [-0.2, 0) is 15.6 Å². The normalized spacial score (nSPS) is 11.6. The second-order valence-electron chi connectivity index (χ2n) is 4.15. The van der Waals surface area contributed by atoms with Gasteiger partial charge in [0.1, 0.15) is 10.7 Å². The first-order valence-corrected chi connectivity index (χ1v) is 7.93. The van der Waals surface area contributed by atoms with Gasteiger partial charge in [0.15, 0.2) is 9.84 Å². The standard InChI is InChI=1S/C13H10Cl2FNO2S/c14-10-5-4-9(16)6-8(10)7-20(18,19)13-11(15)2-1-3-12(13)17/h1-6H,7,17H2. The smallest absolute Gasteiger partial charge is 0.186 e. The van der Waals surface area contributed by atoms with Crippen LogP contribution in [0.2, 0.25) is 10.0 Å². The summed E-state index contributed by atoms with van der Waals surface area (Å²) in [6.45, 7) is 0. The first kappa shape index (κ1) is 15.1. The molecule has 2 aromatic rings. The van der Waals surface area contributed by atoms with E-state index >= 15 is 0 Å². The van der Waals surface area contributed by atoms with Crippen LogP contribution in [0.25, 0.3) is 0 Å². The molecule has 0 spiro atoms. The molecule has 0 fully saturated rings. The van der Waals surface area contributed by atoms with Crippen LogP contribution in [0.4, 0.5) is 10.1 Å². The Balaban J connectivity index is 2.49. The molecule has 0 bridgehead atoms. The third-order valence-electron chi connectivity index (χ3n) is 2.66. The molecule has 2 N–H and O–H groups in total. The second-order valence-corrected chi connectivity index (χ2v) is 6.89. The van der Waals surface area contributed by atoms with Crippen LogP contribution >= 0.6 is 23.2 Å². The molecule has 2 rings (SSSR count). The highest BCUT2D eigenvalue weighted by molar-refractivity contribution is 7.91. The largest absolute Gasteiger partial charge is 0.398 e. The highest BCUT2D eigenvalue weighted by atomic mass is 35.5. The van der Waals surface area contributed by atoms with Crippen LogP contribution in [0, 0.1) is 5.82 Å². The van der Waals surface area contributed by atoms with Gasteiger partial charge in [-0.15, -0.1) is 0 Å². The van der Waals surface area contributed by atoms with Gasteiger partial charge in [0, 0.05) is 5.02 Å². The summed E-state index contributed by atoms with van der Waals surface area (Å²) in [6.07, 6.45) is 0. The maximum Gasteiger partial charge on any atom is 0.186 e. The van der Waals surface area contributed by atoms with E-state index < -0.39 is 21.4 Å². The number of nitrogen functional groups attached to an aromatic ring is 1. The Bertz CT molecular complexity index is 743. The maximum absolute atomic E-state index is 13.2. The fourth-order valence-electron chi connectivity index (χ4n) is 1.78.